The summed E-state index contributed by atoms with van der Waals surface area (Å²) in [5.74, 6) is 0.140. The topological polar surface area (TPSA) is 47.3 Å². The van der Waals surface area contributed by atoms with Gasteiger partial charge in [0.1, 0.15) is 11.6 Å². The number of likely N-dealkylation sites (N-methyl/N-ethyl adjacent to an activating group) is 1. The predicted octanol–water partition coefficient (Wildman–Crippen LogP) is 1.65. The van der Waals surface area contributed by atoms with Gasteiger partial charge in [0.25, 0.3) is 0 Å². The summed E-state index contributed by atoms with van der Waals surface area (Å²) in [5.41, 5.74) is 6.33. The molecule has 1 aromatic rings. The Kier molecular flexibility index (Phi) is 4.12. The van der Waals surface area contributed by atoms with E-state index in [0.717, 1.165) is 0 Å². The maximum atomic E-state index is 13.4. The molecule has 1 aromatic carbocycles. The Morgan fingerprint density at radius 3 is 2.87 bits per heavy atom. The Balaban J connectivity index is 2.97. The number of nitrogen functional groups attached to an aromatic ring is 1. The van der Waals surface area contributed by atoms with Gasteiger partial charge in [-0.25, -0.2) is 4.39 Å². The zero-order chi connectivity index (χ0) is 11.3. The Hall–Kier alpha value is -1.55. The van der Waals surface area contributed by atoms with Gasteiger partial charge >= 0.3 is 0 Å². The van der Waals surface area contributed by atoms with Crippen molar-refractivity contribution in [1.82, 2.24) is 5.32 Å². The summed E-state index contributed by atoms with van der Waals surface area (Å²) in [6, 6.07) is 2.84. The lowest BCUT2D eigenvalue weighted by atomic mass is 10.1. The molecule has 0 atom stereocenters. The summed E-state index contributed by atoms with van der Waals surface area (Å²) in [4.78, 5) is 0. The average molecular weight is 210 g/mol. The van der Waals surface area contributed by atoms with Crippen molar-refractivity contribution in [3.63, 3.8) is 0 Å². The minimum Gasteiger partial charge on any atom is -0.495 e. The van der Waals surface area contributed by atoms with E-state index in [-0.39, 0.29) is 5.82 Å². The Bertz CT molecular complexity index is 364. The highest BCUT2D eigenvalue weighted by molar-refractivity contribution is 5.61. The SMILES string of the molecule is CNCC=Cc1cc(OC)c(N)cc1F. The van der Waals surface area contributed by atoms with Crippen molar-refractivity contribution in [3.8, 4) is 5.75 Å². The van der Waals surface area contributed by atoms with Crippen molar-refractivity contribution in [2.24, 2.45) is 0 Å². The summed E-state index contributed by atoms with van der Waals surface area (Å²) in [6.45, 7) is 0.687. The van der Waals surface area contributed by atoms with Gasteiger partial charge in [0.2, 0.25) is 0 Å². The fourth-order valence-corrected chi connectivity index (χ4v) is 1.19. The van der Waals surface area contributed by atoms with Crippen LogP contribution in [0, 0.1) is 5.82 Å². The van der Waals surface area contributed by atoms with Crippen LogP contribution in [-0.2, 0) is 0 Å². The summed E-state index contributed by atoms with van der Waals surface area (Å²) in [6.07, 6.45) is 3.52. The lowest BCUT2D eigenvalue weighted by Crippen LogP contribution is -2.03. The highest BCUT2D eigenvalue weighted by Crippen LogP contribution is 2.25. The molecule has 0 radical (unpaired) electrons. The average Bonchev–Trinajstić information content (AvgIpc) is 2.21. The van der Waals surface area contributed by atoms with Gasteiger partial charge in [0.15, 0.2) is 0 Å². The highest BCUT2D eigenvalue weighted by atomic mass is 19.1. The first kappa shape index (κ1) is 11.5. The quantitative estimate of drug-likeness (QED) is 0.743. The van der Waals surface area contributed by atoms with Gasteiger partial charge in [-0.15, -0.1) is 0 Å². The molecule has 0 amide bonds. The van der Waals surface area contributed by atoms with Crippen LogP contribution < -0.4 is 15.8 Å². The molecule has 1 rings (SSSR count). The first-order chi connectivity index (χ1) is 7.19. The molecule has 0 bridgehead atoms. The third kappa shape index (κ3) is 2.95. The lowest BCUT2D eigenvalue weighted by Gasteiger charge is -2.06. The van der Waals surface area contributed by atoms with E-state index in [2.05, 4.69) is 5.32 Å². The van der Waals surface area contributed by atoms with Crippen molar-refractivity contribution in [2.45, 2.75) is 0 Å². The van der Waals surface area contributed by atoms with E-state index in [9.17, 15) is 4.39 Å². The number of nitrogens with one attached hydrogen (secondary N) is 1. The number of ether oxygens (including phenoxy) is 1. The van der Waals surface area contributed by atoms with Gasteiger partial charge in [0, 0.05) is 18.2 Å². The molecule has 15 heavy (non-hydrogen) atoms. The molecule has 0 saturated heterocycles. The van der Waals surface area contributed by atoms with E-state index >= 15 is 0 Å². The smallest absolute Gasteiger partial charge is 0.142 e. The van der Waals surface area contributed by atoms with Crippen LogP contribution in [0.25, 0.3) is 6.08 Å². The van der Waals surface area contributed by atoms with E-state index in [4.69, 9.17) is 10.5 Å². The maximum absolute atomic E-state index is 13.4. The molecule has 0 heterocycles. The number of hydrogen-bond donors (Lipinski definition) is 2. The van der Waals surface area contributed by atoms with Crippen molar-refractivity contribution in [1.29, 1.82) is 0 Å². The van der Waals surface area contributed by atoms with Gasteiger partial charge in [-0.3, -0.25) is 0 Å². The molecule has 82 valence electrons. The van der Waals surface area contributed by atoms with Gasteiger partial charge < -0.3 is 15.8 Å². The van der Waals surface area contributed by atoms with Gasteiger partial charge in [-0.05, 0) is 13.1 Å². The number of hydrogen-bond acceptors (Lipinski definition) is 3. The third-order valence-electron chi connectivity index (χ3n) is 1.97. The van der Waals surface area contributed by atoms with Crippen LogP contribution in [0.4, 0.5) is 10.1 Å². The van der Waals surface area contributed by atoms with E-state index in [1.807, 2.05) is 13.1 Å². The number of halogens is 1. The van der Waals surface area contributed by atoms with Gasteiger partial charge in [-0.2, -0.15) is 0 Å². The highest BCUT2D eigenvalue weighted by Gasteiger charge is 2.05. The minimum absolute atomic E-state index is 0.306. The van der Waals surface area contributed by atoms with Gasteiger partial charge in [-0.1, -0.05) is 12.2 Å². The second kappa shape index (κ2) is 5.36. The lowest BCUT2D eigenvalue weighted by molar-refractivity contribution is 0.416. The van der Waals surface area contributed by atoms with E-state index in [1.165, 1.54) is 13.2 Å². The maximum Gasteiger partial charge on any atom is 0.142 e. The summed E-state index contributed by atoms with van der Waals surface area (Å²) >= 11 is 0. The molecule has 0 aliphatic carbocycles. The number of rotatable bonds is 4. The number of methoxy groups -OCH3 is 1. The normalized spacial score (nSPS) is 10.9. The van der Waals surface area contributed by atoms with Crippen molar-refractivity contribution >= 4 is 11.8 Å². The number of benzene rings is 1. The molecule has 0 aliphatic heterocycles. The molecule has 3 N–H and O–H groups in total. The second-order valence-electron chi connectivity index (χ2n) is 3.08. The fraction of sp³-hybridized carbons (Fsp3) is 0.273. The second-order valence-corrected chi connectivity index (χ2v) is 3.08. The number of nitrogens with two attached hydrogens (primary N) is 1. The minimum atomic E-state index is -0.347. The van der Waals surface area contributed by atoms with Crippen LogP contribution in [-0.4, -0.2) is 20.7 Å². The zero-order valence-corrected chi connectivity index (χ0v) is 8.88. The summed E-state index contributed by atoms with van der Waals surface area (Å²) in [5, 5.41) is 2.93. The standard InChI is InChI=1S/C11H15FN2O/c1-14-5-3-4-8-6-11(15-2)10(13)7-9(8)12/h3-4,6-7,14H,5,13H2,1-2H3. The van der Waals surface area contributed by atoms with Crippen LogP contribution in [0.3, 0.4) is 0 Å². The molecule has 0 aromatic heterocycles. The van der Waals surface area contributed by atoms with E-state index < -0.39 is 0 Å². The molecule has 0 unspecified atom stereocenters. The van der Waals surface area contributed by atoms with E-state index in [0.29, 0.717) is 23.5 Å². The summed E-state index contributed by atoms with van der Waals surface area (Å²) in [7, 11) is 3.33. The Morgan fingerprint density at radius 1 is 1.53 bits per heavy atom. The van der Waals surface area contributed by atoms with Crippen molar-refractivity contribution in [2.75, 3.05) is 26.4 Å². The zero-order valence-electron chi connectivity index (χ0n) is 8.88. The van der Waals surface area contributed by atoms with Crippen LogP contribution in [0.15, 0.2) is 18.2 Å². The van der Waals surface area contributed by atoms with Crippen LogP contribution in [0.5, 0.6) is 5.75 Å². The molecule has 0 spiro atoms. The van der Waals surface area contributed by atoms with Crippen LogP contribution in [0.1, 0.15) is 5.56 Å². The molecular weight excluding hydrogens is 195 g/mol. The summed E-state index contributed by atoms with van der Waals surface area (Å²) < 4.78 is 18.4. The molecule has 3 nitrogen and oxygen atoms in total. The largest absolute Gasteiger partial charge is 0.495 e. The molecule has 0 aliphatic rings. The van der Waals surface area contributed by atoms with Crippen LogP contribution >= 0.6 is 0 Å². The van der Waals surface area contributed by atoms with E-state index in [1.54, 1.807) is 12.1 Å². The monoisotopic (exact) mass is 210 g/mol. The molecule has 0 saturated carbocycles. The van der Waals surface area contributed by atoms with Crippen molar-refractivity contribution in [3.05, 3.63) is 29.6 Å². The Morgan fingerprint density at radius 2 is 2.27 bits per heavy atom. The first-order valence-electron chi connectivity index (χ1n) is 4.63. The van der Waals surface area contributed by atoms with Gasteiger partial charge in [0.05, 0.1) is 12.8 Å². The van der Waals surface area contributed by atoms with Crippen LogP contribution in [0.2, 0.25) is 0 Å². The molecular formula is C11H15FN2O. The fourth-order valence-electron chi connectivity index (χ4n) is 1.19. The molecule has 0 fully saturated rings. The first-order valence-corrected chi connectivity index (χ1v) is 4.63. The predicted molar refractivity (Wildman–Crippen MR) is 60.3 cm³/mol. The number of anilines is 1. The molecule has 4 heteroatoms. The Labute approximate surface area is 88.7 Å². The van der Waals surface area contributed by atoms with Crippen molar-refractivity contribution < 1.29 is 9.13 Å². The third-order valence-corrected chi connectivity index (χ3v) is 1.97.